The van der Waals surface area contributed by atoms with Gasteiger partial charge in [0, 0.05) is 50.1 Å². The zero-order valence-electron chi connectivity index (χ0n) is 18.6. The number of likely N-dealkylation sites (tertiary alicyclic amines) is 1. The fourth-order valence-electron chi connectivity index (χ4n) is 4.30. The highest BCUT2D eigenvalue weighted by atomic mass is 35.5. The van der Waals surface area contributed by atoms with E-state index >= 15 is 0 Å². The van der Waals surface area contributed by atoms with Gasteiger partial charge in [-0.15, -0.1) is 0 Å². The molecule has 0 amide bonds. The normalized spacial score (nSPS) is 17.2. The molecule has 0 atom stereocenters. The smallest absolute Gasteiger partial charge is 0.164 e. The molecule has 0 N–H and O–H groups in total. The van der Waals surface area contributed by atoms with Gasteiger partial charge in [-0.05, 0) is 67.1 Å². The lowest BCUT2D eigenvalue weighted by Crippen LogP contribution is -2.45. The van der Waals surface area contributed by atoms with Crippen LogP contribution in [0.3, 0.4) is 0 Å². The summed E-state index contributed by atoms with van der Waals surface area (Å²) in [6, 6.07) is 13.2. The number of benzene rings is 2. The Morgan fingerprint density at radius 2 is 2.03 bits per heavy atom. The first kappa shape index (κ1) is 23.6. The number of hydrogen-bond acceptors (Lipinski definition) is 5. The molecule has 172 valence electrons. The van der Waals surface area contributed by atoms with Crippen LogP contribution in [0.1, 0.15) is 30.4 Å². The Bertz CT molecular complexity index is 933. The van der Waals surface area contributed by atoms with Gasteiger partial charge in [0.15, 0.2) is 5.17 Å². The summed E-state index contributed by atoms with van der Waals surface area (Å²) in [7, 11) is 2.18. The molecule has 0 saturated carbocycles. The van der Waals surface area contributed by atoms with Crippen LogP contribution in [0.25, 0.3) is 0 Å². The Hall–Kier alpha value is -1.60. The standard InChI is InChI=1S/C25H31ClFN3OS/c1-29(25-28-24-7-6-21(26)17-20(24)18-32-25)23-8-12-30(13-9-23)11-3-14-31-15-10-19-4-2-5-22(27)16-19/h2,4-7,16-17,23H,3,8-15,18H2,1H3. The topological polar surface area (TPSA) is 28.1 Å². The van der Waals surface area contributed by atoms with E-state index in [2.05, 4.69) is 16.8 Å². The van der Waals surface area contributed by atoms with Gasteiger partial charge in [0.25, 0.3) is 0 Å². The largest absolute Gasteiger partial charge is 0.381 e. The van der Waals surface area contributed by atoms with Crippen LogP contribution < -0.4 is 0 Å². The Balaban J connectivity index is 1.13. The zero-order valence-corrected chi connectivity index (χ0v) is 20.2. The number of amidine groups is 1. The van der Waals surface area contributed by atoms with Crippen LogP contribution in [-0.2, 0) is 16.9 Å². The molecule has 0 aliphatic carbocycles. The second-order valence-corrected chi connectivity index (χ2v) is 9.86. The van der Waals surface area contributed by atoms with Crippen molar-refractivity contribution in [1.82, 2.24) is 9.80 Å². The minimum absolute atomic E-state index is 0.180. The number of fused-ring (bicyclic) bond motifs is 1. The first-order valence-corrected chi connectivity index (χ1v) is 12.7. The molecule has 2 aromatic carbocycles. The minimum Gasteiger partial charge on any atom is -0.381 e. The van der Waals surface area contributed by atoms with E-state index in [-0.39, 0.29) is 5.82 Å². The Morgan fingerprint density at radius 3 is 2.84 bits per heavy atom. The summed E-state index contributed by atoms with van der Waals surface area (Å²) >= 11 is 7.91. The third-order valence-corrected chi connectivity index (χ3v) is 7.54. The SMILES string of the molecule is CN(C1=Nc2ccc(Cl)cc2CS1)C1CCN(CCCOCCc2cccc(F)c2)CC1. The molecule has 2 aliphatic rings. The van der Waals surface area contributed by atoms with Gasteiger partial charge in [-0.3, -0.25) is 0 Å². The van der Waals surface area contributed by atoms with E-state index in [0.717, 1.165) is 79.1 Å². The van der Waals surface area contributed by atoms with Crippen molar-refractivity contribution in [3.8, 4) is 0 Å². The van der Waals surface area contributed by atoms with Crippen molar-refractivity contribution < 1.29 is 9.13 Å². The number of ether oxygens (including phenoxy) is 1. The second-order valence-electron chi connectivity index (χ2n) is 8.49. The number of thioether (sulfide) groups is 1. The maximum Gasteiger partial charge on any atom is 0.164 e. The number of hydrogen-bond donors (Lipinski definition) is 0. The molecule has 2 heterocycles. The average molecular weight is 476 g/mol. The van der Waals surface area contributed by atoms with E-state index in [0.29, 0.717) is 12.6 Å². The summed E-state index contributed by atoms with van der Waals surface area (Å²) < 4.78 is 19.0. The molecule has 0 radical (unpaired) electrons. The molecule has 7 heteroatoms. The van der Waals surface area contributed by atoms with Gasteiger partial charge < -0.3 is 14.5 Å². The molecular formula is C25H31ClFN3OS. The molecule has 4 rings (SSSR count). The average Bonchev–Trinajstić information content (AvgIpc) is 2.81. The van der Waals surface area contributed by atoms with Crippen LogP contribution in [0.15, 0.2) is 47.5 Å². The maximum absolute atomic E-state index is 13.2. The van der Waals surface area contributed by atoms with Crippen LogP contribution in [-0.4, -0.2) is 60.9 Å². The van der Waals surface area contributed by atoms with E-state index in [1.807, 2.05) is 24.3 Å². The molecule has 2 aliphatic heterocycles. The second kappa shape index (κ2) is 11.5. The highest BCUT2D eigenvalue weighted by molar-refractivity contribution is 8.13. The number of piperidine rings is 1. The van der Waals surface area contributed by atoms with Gasteiger partial charge >= 0.3 is 0 Å². The van der Waals surface area contributed by atoms with E-state index in [9.17, 15) is 4.39 Å². The van der Waals surface area contributed by atoms with Crippen molar-refractivity contribution in [3.05, 3.63) is 64.4 Å². The number of nitrogens with zero attached hydrogens (tertiary/aromatic N) is 3. The Morgan fingerprint density at radius 1 is 1.19 bits per heavy atom. The predicted octanol–water partition coefficient (Wildman–Crippen LogP) is 5.76. The fraction of sp³-hybridized carbons (Fsp3) is 0.480. The summed E-state index contributed by atoms with van der Waals surface area (Å²) in [5.74, 6) is 0.748. The van der Waals surface area contributed by atoms with Gasteiger partial charge in [-0.2, -0.15) is 0 Å². The van der Waals surface area contributed by atoms with Crippen LogP contribution >= 0.6 is 23.4 Å². The van der Waals surface area contributed by atoms with E-state index in [1.165, 1.54) is 11.6 Å². The summed E-state index contributed by atoms with van der Waals surface area (Å²) in [4.78, 5) is 9.79. The third-order valence-electron chi connectivity index (χ3n) is 6.21. The van der Waals surface area contributed by atoms with Crippen molar-refractivity contribution in [2.45, 2.75) is 37.5 Å². The maximum atomic E-state index is 13.2. The summed E-state index contributed by atoms with van der Waals surface area (Å²) in [6.07, 6.45) is 4.11. The molecule has 1 fully saturated rings. The van der Waals surface area contributed by atoms with Crippen molar-refractivity contribution in [3.63, 3.8) is 0 Å². The summed E-state index contributed by atoms with van der Waals surface area (Å²) in [5, 5.41) is 1.89. The van der Waals surface area contributed by atoms with Gasteiger partial charge in [-0.1, -0.05) is 35.5 Å². The van der Waals surface area contributed by atoms with Crippen LogP contribution in [0.2, 0.25) is 5.02 Å². The van der Waals surface area contributed by atoms with Gasteiger partial charge in [0.1, 0.15) is 5.82 Å². The van der Waals surface area contributed by atoms with E-state index in [4.69, 9.17) is 21.3 Å². The molecule has 0 spiro atoms. The van der Waals surface area contributed by atoms with Crippen molar-refractivity contribution >= 4 is 34.2 Å². The predicted molar refractivity (Wildman–Crippen MR) is 133 cm³/mol. The van der Waals surface area contributed by atoms with Crippen molar-refractivity contribution in [1.29, 1.82) is 0 Å². The minimum atomic E-state index is -0.180. The van der Waals surface area contributed by atoms with Crippen molar-refractivity contribution in [2.75, 3.05) is 39.9 Å². The molecular weight excluding hydrogens is 445 g/mol. The first-order valence-electron chi connectivity index (χ1n) is 11.4. The lowest BCUT2D eigenvalue weighted by Gasteiger charge is -2.38. The van der Waals surface area contributed by atoms with Gasteiger partial charge in [0.05, 0.1) is 12.3 Å². The quantitative estimate of drug-likeness (QED) is 0.454. The number of rotatable bonds is 8. The lowest BCUT2D eigenvalue weighted by molar-refractivity contribution is 0.111. The molecule has 1 saturated heterocycles. The molecule has 4 nitrogen and oxygen atoms in total. The first-order chi connectivity index (χ1) is 15.6. The number of halogens is 2. The van der Waals surface area contributed by atoms with Gasteiger partial charge in [0.2, 0.25) is 0 Å². The molecule has 0 bridgehead atoms. The highest BCUT2D eigenvalue weighted by Gasteiger charge is 2.26. The number of aliphatic imine (C=N–C) groups is 1. The highest BCUT2D eigenvalue weighted by Crippen LogP contribution is 2.34. The van der Waals surface area contributed by atoms with Gasteiger partial charge in [-0.25, -0.2) is 9.38 Å². The third kappa shape index (κ3) is 6.47. The molecule has 0 aromatic heterocycles. The molecule has 32 heavy (non-hydrogen) atoms. The fourth-order valence-corrected chi connectivity index (χ4v) is 5.52. The summed E-state index contributed by atoms with van der Waals surface area (Å²) in [5.41, 5.74) is 3.25. The monoisotopic (exact) mass is 475 g/mol. The zero-order chi connectivity index (χ0) is 22.3. The van der Waals surface area contributed by atoms with E-state index < -0.39 is 0 Å². The van der Waals surface area contributed by atoms with Crippen LogP contribution in [0.5, 0.6) is 0 Å². The molecule has 0 unspecified atom stereocenters. The Labute approximate surface area is 199 Å². The summed E-state index contributed by atoms with van der Waals surface area (Å²) in [6.45, 7) is 4.70. The Kier molecular flexibility index (Phi) is 8.47. The van der Waals surface area contributed by atoms with E-state index in [1.54, 1.807) is 23.9 Å². The lowest BCUT2D eigenvalue weighted by atomic mass is 10.0. The van der Waals surface area contributed by atoms with Crippen LogP contribution in [0.4, 0.5) is 10.1 Å². The molecule has 2 aromatic rings. The van der Waals surface area contributed by atoms with Crippen LogP contribution in [0, 0.1) is 5.82 Å². The van der Waals surface area contributed by atoms with Crippen molar-refractivity contribution in [2.24, 2.45) is 4.99 Å².